The molecule has 0 saturated carbocycles. The van der Waals surface area contributed by atoms with Crippen molar-refractivity contribution in [3.8, 4) is 0 Å². The van der Waals surface area contributed by atoms with Crippen LogP contribution in [0.4, 0.5) is 9.59 Å². The van der Waals surface area contributed by atoms with Gasteiger partial charge in [0.15, 0.2) is 0 Å². The topological polar surface area (TPSA) is 147 Å². The zero-order chi connectivity index (χ0) is 39.5. The average molecular weight is 627 g/mol. The molecule has 3 N–H and O–H groups in total. The van der Waals surface area contributed by atoms with Crippen LogP contribution >= 0.6 is 0 Å². The lowest BCUT2D eigenvalue weighted by atomic mass is 10.0. The van der Waals surface area contributed by atoms with Crippen molar-refractivity contribution in [2.24, 2.45) is 5.89 Å². The number of sulfonamides is 1. The standard InChI is InChI=1S/C31H43N3O8S/c1-7-40-29(36)32-17-23-20-41-28-14-13-24(16-25(23)28)43(38,39)34(18-21(2)3)19-27(35)26(15-22-11-9-8-10-12-22)33-30(37)42-31(4,5)6/h8-14,16,20-21,26-27,35H,7,15,17-19H2,1-6H3,(H,32,36)(H,33,37)/t26-,27+/m0/s1/i2D3,3D3,18D2,21D. The molecule has 1 aromatic heterocycles. The Morgan fingerprint density at radius 1 is 1.16 bits per heavy atom. The maximum atomic E-state index is 14.5. The third kappa shape index (κ3) is 9.97. The molecule has 0 aliphatic rings. The molecule has 0 radical (unpaired) electrons. The Hall–Kier alpha value is -3.61. The van der Waals surface area contributed by atoms with Gasteiger partial charge in [-0.15, -0.1) is 0 Å². The van der Waals surface area contributed by atoms with E-state index in [0.29, 0.717) is 5.56 Å². The van der Waals surface area contributed by atoms with E-state index in [2.05, 4.69) is 10.6 Å². The summed E-state index contributed by atoms with van der Waals surface area (Å²) in [6, 6.07) is 10.1. The molecule has 11 nitrogen and oxygen atoms in total. The van der Waals surface area contributed by atoms with Gasteiger partial charge in [0.1, 0.15) is 11.2 Å². The van der Waals surface area contributed by atoms with Crippen molar-refractivity contribution in [3.05, 3.63) is 65.9 Å². The first kappa shape index (κ1) is 22.9. The first-order valence-electron chi connectivity index (χ1n) is 17.9. The summed E-state index contributed by atoms with van der Waals surface area (Å²) in [4.78, 5) is 24.1. The highest BCUT2D eigenvalue weighted by atomic mass is 32.2. The van der Waals surface area contributed by atoms with Crippen molar-refractivity contribution in [1.82, 2.24) is 14.9 Å². The lowest BCUT2D eigenvalue weighted by molar-refractivity contribution is 0.0400. The first-order valence-corrected chi connectivity index (χ1v) is 14.9. The largest absolute Gasteiger partial charge is 0.464 e. The van der Waals surface area contributed by atoms with Crippen LogP contribution < -0.4 is 10.6 Å². The summed E-state index contributed by atoms with van der Waals surface area (Å²) in [5, 5.41) is 16.7. The molecule has 0 saturated heterocycles. The van der Waals surface area contributed by atoms with Gasteiger partial charge >= 0.3 is 12.2 Å². The first-order chi connectivity index (χ1) is 23.8. The Bertz CT molecular complexity index is 1800. The van der Waals surface area contributed by atoms with Gasteiger partial charge in [0.05, 0.1) is 29.9 Å². The van der Waals surface area contributed by atoms with Crippen LogP contribution in [0.15, 0.2) is 64.1 Å². The van der Waals surface area contributed by atoms with Crippen LogP contribution in [0.5, 0.6) is 0 Å². The predicted octanol–water partition coefficient (Wildman–Crippen LogP) is 4.82. The number of carbonyl (C=O) groups excluding carboxylic acids is 2. The lowest BCUT2D eigenvalue weighted by Gasteiger charge is -2.31. The van der Waals surface area contributed by atoms with Crippen molar-refractivity contribution in [2.45, 2.75) is 77.0 Å². The Morgan fingerprint density at radius 2 is 1.88 bits per heavy atom. The van der Waals surface area contributed by atoms with Crippen LogP contribution in [0.25, 0.3) is 11.0 Å². The zero-order valence-electron chi connectivity index (χ0n) is 33.3. The maximum Gasteiger partial charge on any atom is 0.407 e. The summed E-state index contributed by atoms with van der Waals surface area (Å²) < 4.78 is 119. The van der Waals surface area contributed by atoms with E-state index in [-0.39, 0.29) is 40.4 Å². The van der Waals surface area contributed by atoms with Gasteiger partial charge < -0.3 is 29.6 Å². The number of alkyl carbamates (subject to hydrolysis) is 2. The molecule has 0 aliphatic heterocycles. The van der Waals surface area contributed by atoms with Crippen molar-refractivity contribution >= 4 is 33.2 Å². The molecule has 0 aliphatic carbocycles. The van der Waals surface area contributed by atoms with Gasteiger partial charge in [-0.2, -0.15) is 4.31 Å². The number of aliphatic hydroxyl groups is 1. The van der Waals surface area contributed by atoms with Gasteiger partial charge in [-0.05, 0) is 63.8 Å². The molecule has 0 spiro atoms. The summed E-state index contributed by atoms with van der Waals surface area (Å²) >= 11 is 0. The second-order valence-corrected chi connectivity index (χ2v) is 12.4. The molecule has 2 atom stereocenters. The van der Waals surface area contributed by atoms with Crippen LogP contribution in [0.2, 0.25) is 0 Å². The van der Waals surface area contributed by atoms with E-state index < -0.39 is 77.5 Å². The van der Waals surface area contributed by atoms with E-state index in [1.807, 2.05) is 0 Å². The van der Waals surface area contributed by atoms with Crippen LogP contribution in [0.1, 0.15) is 64.9 Å². The van der Waals surface area contributed by atoms with Gasteiger partial charge in [0, 0.05) is 42.9 Å². The fraction of sp³-hybridized carbons (Fsp3) is 0.484. The van der Waals surface area contributed by atoms with Crippen molar-refractivity contribution in [3.63, 3.8) is 0 Å². The monoisotopic (exact) mass is 626 g/mol. The van der Waals surface area contributed by atoms with Crippen LogP contribution in [0, 0.1) is 5.89 Å². The summed E-state index contributed by atoms with van der Waals surface area (Å²) in [5.41, 5.74) is -0.0633. The number of furan rings is 1. The van der Waals surface area contributed by atoms with Crippen LogP contribution in [-0.2, 0) is 32.5 Å². The third-order valence-electron chi connectivity index (χ3n) is 5.97. The van der Waals surface area contributed by atoms with E-state index in [1.165, 1.54) is 12.3 Å². The number of amides is 2. The van der Waals surface area contributed by atoms with Crippen molar-refractivity contribution < 1.29 is 49.3 Å². The van der Waals surface area contributed by atoms with Crippen LogP contribution in [0.3, 0.4) is 0 Å². The number of aliphatic hydroxyl groups excluding tert-OH is 1. The fourth-order valence-electron chi connectivity index (χ4n) is 4.07. The molecule has 3 rings (SSSR count). The quantitative estimate of drug-likeness (QED) is 0.245. The average Bonchev–Trinajstić information content (AvgIpc) is 3.42. The molecule has 2 amide bonds. The SMILES string of the molecule is [2H]C([2H])([2H])C([2H])(C([2H])([2H])[2H])C([2H])([2H])N(C[C@@H](O)[C@H](Cc1ccccc1)NC(=O)OC(C)(C)C)S(=O)(=O)c1ccc2occ(CNC(=O)OCC)c2c1. The smallest absolute Gasteiger partial charge is 0.407 e. The summed E-state index contributed by atoms with van der Waals surface area (Å²) in [5.74, 6) is -4.11. The second-order valence-electron chi connectivity index (χ2n) is 10.5. The number of ether oxygens (including phenoxy) is 2. The van der Waals surface area contributed by atoms with E-state index in [1.54, 1.807) is 58.0 Å². The van der Waals surface area contributed by atoms with Crippen molar-refractivity contribution in [1.29, 1.82) is 0 Å². The highest BCUT2D eigenvalue weighted by Gasteiger charge is 2.32. The molecule has 0 bridgehead atoms. The number of nitrogens with zero attached hydrogens (tertiary/aromatic N) is 1. The molecule has 0 unspecified atom stereocenters. The lowest BCUT2D eigenvalue weighted by Crippen LogP contribution is -2.51. The molecule has 1 heterocycles. The van der Waals surface area contributed by atoms with E-state index in [4.69, 9.17) is 26.2 Å². The second kappa shape index (κ2) is 14.7. The van der Waals surface area contributed by atoms with Gasteiger partial charge in [-0.3, -0.25) is 0 Å². The Labute approximate surface area is 266 Å². The van der Waals surface area contributed by atoms with Gasteiger partial charge in [-0.25, -0.2) is 18.0 Å². The zero-order valence-corrected chi connectivity index (χ0v) is 25.2. The minimum absolute atomic E-state index is 0.0769. The number of carbonyl (C=O) groups is 2. The Balaban J connectivity index is 2.21. The number of fused-ring (bicyclic) bond motifs is 1. The summed E-state index contributed by atoms with van der Waals surface area (Å²) in [6.45, 7) is -7.11. The molecule has 236 valence electrons. The van der Waals surface area contributed by atoms with Gasteiger partial charge in [0.25, 0.3) is 0 Å². The van der Waals surface area contributed by atoms with E-state index >= 15 is 0 Å². The maximum absolute atomic E-state index is 14.5. The highest BCUT2D eigenvalue weighted by Crippen LogP contribution is 2.27. The van der Waals surface area contributed by atoms with Gasteiger partial charge in [0.2, 0.25) is 10.0 Å². The number of hydrogen-bond donors (Lipinski definition) is 3. The number of nitrogens with one attached hydrogen (secondary N) is 2. The van der Waals surface area contributed by atoms with E-state index in [9.17, 15) is 23.1 Å². The summed E-state index contributed by atoms with van der Waals surface area (Å²) in [7, 11) is -5.37. The molecular formula is C31H43N3O8S. The Morgan fingerprint density at radius 3 is 2.53 bits per heavy atom. The fourth-order valence-corrected chi connectivity index (χ4v) is 5.39. The number of rotatable bonds is 13. The molecule has 12 heteroatoms. The van der Waals surface area contributed by atoms with Crippen LogP contribution in [-0.4, -0.2) is 67.4 Å². The molecule has 0 fully saturated rings. The molecule has 43 heavy (non-hydrogen) atoms. The Kier molecular flexibility index (Phi) is 7.82. The minimum atomic E-state index is -5.37. The van der Waals surface area contributed by atoms with Gasteiger partial charge in [-0.1, -0.05) is 44.0 Å². The predicted molar refractivity (Wildman–Crippen MR) is 163 cm³/mol. The van der Waals surface area contributed by atoms with Crippen molar-refractivity contribution in [2.75, 3.05) is 19.6 Å². The van der Waals surface area contributed by atoms with E-state index in [0.717, 1.165) is 12.1 Å². The molecule has 2 aromatic carbocycles. The summed E-state index contributed by atoms with van der Waals surface area (Å²) in [6.07, 6.45) is -2.79. The highest BCUT2D eigenvalue weighted by molar-refractivity contribution is 7.89. The number of benzene rings is 2. The normalized spacial score (nSPS) is 17.9. The molecular weight excluding hydrogens is 574 g/mol. The number of hydrogen-bond acceptors (Lipinski definition) is 8. The third-order valence-corrected chi connectivity index (χ3v) is 7.64. The minimum Gasteiger partial charge on any atom is -0.464 e. The molecule has 3 aromatic rings.